The summed E-state index contributed by atoms with van der Waals surface area (Å²) in [6.45, 7) is 0. The summed E-state index contributed by atoms with van der Waals surface area (Å²) in [7, 11) is 0. The van der Waals surface area contributed by atoms with Gasteiger partial charge in [0.2, 0.25) is 0 Å². The quantitative estimate of drug-likeness (QED) is 0.176. The smallest absolute Gasteiger partial charge is 0.160 e. The van der Waals surface area contributed by atoms with Crippen LogP contribution in [0.1, 0.15) is 0 Å². The van der Waals surface area contributed by atoms with Crippen LogP contribution in [-0.4, -0.2) is 0 Å². The van der Waals surface area contributed by atoms with E-state index in [0.29, 0.717) is 0 Å². The number of hydrogen-bond acceptors (Lipinski definition) is 2. The normalized spacial score (nSPS) is 11.5. The average molecular weight is 664 g/mol. The summed E-state index contributed by atoms with van der Waals surface area (Å²) >= 11 is 0. The molecule has 0 amide bonds. The highest BCUT2D eigenvalue weighted by Crippen LogP contribution is 2.48. The second-order valence-corrected chi connectivity index (χ2v) is 13.3. The van der Waals surface area contributed by atoms with Crippen LogP contribution >= 0.6 is 0 Å². The number of benzene rings is 9. The highest BCUT2D eigenvalue weighted by Gasteiger charge is 2.24. The molecule has 9 aromatic carbocycles. The minimum absolute atomic E-state index is 0.857. The molecule has 1 aromatic heterocycles. The maximum Gasteiger partial charge on any atom is 0.160 e. The minimum atomic E-state index is 0.857. The van der Waals surface area contributed by atoms with Gasteiger partial charge < -0.3 is 9.32 Å². The molecule has 0 unspecified atom stereocenters. The number of furan rings is 1. The minimum Gasteiger partial charge on any atom is -0.453 e. The highest BCUT2D eigenvalue weighted by atomic mass is 16.3. The van der Waals surface area contributed by atoms with E-state index in [9.17, 15) is 0 Å². The fourth-order valence-corrected chi connectivity index (χ4v) is 7.75. The third-order valence-corrected chi connectivity index (χ3v) is 10.3. The van der Waals surface area contributed by atoms with Gasteiger partial charge in [-0.1, -0.05) is 164 Å². The lowest BCUT2D eigenvalue weighted by Gasteiger charge is -2.26. The molecule has 0 fully saturated rings. The van der Waals surface area contributed by atoms with E-state index >= 15 is 0 Å². The van der Waals surface area contributed by atoms with Crippen molar-refractivity contribution in [3.63, 3.8) is 0 Å². The Morgan fingerprint density at radius 2 is 0.827 bits per heavy atom. The van der Waals surface area contributed by atoms with Crippen LogP contribution in [0.25, 0.3) is 76.9 Å². The van der Waals surface area contributed by atoms with E-state index in [2.05, 4.69) is 205 Å². The second-order valence-electron chi connectivity index (χ2n) is 13.3. The first-order chi connectivity index (χ1) is 25.8. The summed E-state index contributed by atoms with van der Waals surface area (Å²) in [5.74, 6) is 0. The van der Waals surface area contributed by atoms with E-state index in [0.717, 1.165) is 55.3 Å². The van der Waals surface area contributed by atoms with Gasteiger partial charge in [-0.2, -0.15) is 0 Å². The summed E-state index contributed by atoms with van der Waals surface area (Å²) in [6, 6.07) is 71.5. The summed E-state index contributed by atoms with van der Waals surface area (Å²) < 4.78 is 7.14. The lowest BCUT2D eigenvalue weighted by molar-refractivity contribution is 0.673. The number of nitrogens with zero attached hydrogens (tertiary/aromatic N) is 1. The van der Waals surface area contributed by atoms with Crippen LogP contribution in [-0.2, 0) is 0 Å². The standard InChI is InChI=1S/C50H33NO/c1-3-12-34(13-4-1)36-22-27-40(28-23-36)51(41-29-24-37(25-30-41)35-14-5-2-6-15-35)47-33-32-45(44-21-11-18-38-16-7-9-19-42(38)44)48-46-31-26-39-17-8-10-20-43(39)49(46)52-50(47)48/h1-33H. The number of rotatable bonds is 6. The zero-order valence-corrected chi connectivity index (χ0v) is 28.4. The maximum atomic E-state index is 7.14. The van der Waals surface area contributed by atoms with E-state index in [1.807, 2.05) is 0 Å². The molecule has 0 aliphatic carbocycles. The zero-order valence-electron chi connectivity index (χ0n) is 28.4. The molecule has 0 saturated heterocycles. The molecule has 10 aromatic rings. The van der Waals surface area contributed by atoms with Gasteiger partial charge in [-0.25, -0.2) is 0 Å². The van der Waals surface area contributed by atoms with Gasteiger partial charge >= 0.3 is 0 Å². The van der Waals surface area contributed by atoms with E-state index in [1.165, 1.54) is 38.6 Å². The first-order valence-corrected chi connectivity index (χ1v) is 17.8. The van der Waals surface area contributed by atoms with Gasteiger partial charge in [0.15, 0.2) is 5.58 Å². The van der Waals surface area contributed by atoms with E-state index in [1.54, 1.807) is 0 Å². The summed E-state index contributed by atoms with van der Waals surface area (Å²) in [5, 5.41) is 6.93. The molecule has 2 nitrogen and oxygen atoms in total. The fraction of sp³-hybridized carbons (Fsp3) is 0. The molecule has 0 radical (unpaired) electrons. The number of fused-ring (bicyclic) bond motifs is 6. The monoisotopic (exact) mass is 663 g/mol. The Morgan fingerprint density at radius 3 is 1.46 bits per heavy atom. The Hall–Kier alpha value is -6.90. The molecule has 52 heavy (non-hydrogen) atoms. The van der Waals surface area contributed by atoms with Gasteiger partial charge in [-0.3, -0.25) is 0 Å². The van der Waals surface area contributed by atoms with Crippen LogP contribution < -0.4 is 4.90 Å². The Morgan fingerprint density at radius 1 is 0.308 bits per heavy atom. The van der Waals surface area contributed by atoms with Crippen LogP contribution in [0.3, 0.4) is 0 Å². The van der Waals surface area contributed by atoms with Crippen molar-refractivity contribution in [3.8, 4) is 33.4 Å². The Labute approximate surface area is 302 Å². The lowest BCUT2D eigenvalue weighted by Crippen LogP contribution is -2.10. The van der Waals surface area contributed by atoms with Gasteiger partial charge in [0, 0.05) is 27.5 Å². The van der Waals surface area contributed by atoms with Crippen LogP contribution in [0.2, 0.25) is 0 Å². The van der Waals surface area contributed by atoms with Crippen molar-refractivity contribution in [2.75, 3.05) is 4.90 Å². The molecule has 0 saturated carbocycles. The predicted molar refractivity (Wildman–Crippen MR) is 220 cm³/mol. The van der Waals surface area contributed by atoms with Crippen LogP contribution in [0.5, 0.6) is 0 Å². The lowest BCUT2D eigenvalue weighted by atomic mass is 9.93. The third kappa shape index (κ3) is 5.04. The Balaban J connectivity index is 1.24. The van der Waals surface area contributed by atoms with Crippen LogP contribution in [0, 0.1) is 0 Å². The Kier molecular flexibility index (Phi) is 7.18. The van der Waals surface area contributed by atoms with Crippen molar-refractivity contribution in [2.45, 2.75) is 0 Å². The SMILES string of the molecule is c1ccc(-c2ccc(N(c3ccc(-c4ccccc4)cc3)c3ccc(-c4cccc5ccccc45)c4c3oc3c5ccccc5ccc34)cc2)cc1. The molecule has 0 aliphatic heterocycles. The highest BCUT2D eigenvalue weighted by molar-refractivity contribution is 6.23. The first kappa shape index (κ1) is 30.0. The molecule has 244 valence electrons. The van der Waals surface area contributed by atoms with Crippen LogP contribution in [0.15, 0.2) is 205 Å². The van der Waals surface area contributed by atoms with Gasteiger partial charge in [0.1, 0.15) is 5.58 Å². The van der Waals surface area contributed by atoms with Crippen molar-refractivity contribution >= 4 is 60.5 Å². The molecule has 10 rings (SSSR count). The van der Waals surface area contributed by atoms with Gasteiger partial charge in [0.25, 0.3) is 0 Å². The van der Waals surface area contributed by atoms with Crippen LogP contribution in [0.4, 0.5) is 17.1 Å². The fourth-order valence-electron chi connectivity index (χ4n) is 7.75. The predicted octanol–water partition coefficient (Wildman–Crippen LogP) is 14.4. The Bertz CT molecular complexity index is 2780. The molecule has 2 heteroatoms. The van der Waals surface area contributed by atoms with Gasteiger partial charge in [-0.15, -0.1) is 0 Å². The van der Waals surface area contributed by atoms with Gasteiger partial charge in [0.05, 0.1) is 5.69 Å². The van der Waals surface area contributed by atoms with E-state index < -0.39 is 0 Å². The van der Waals surface area contributed by atoms with Crippen molar-refractivity contribution in [1.82, 2.24) is 0 Å². The van der Waals surface area contributed by atoms with Crippen molar-refractivity contribution in [2.24, 2.45) is 0 Å². The van der Waals surface area contributed by atoms with Crippen molar-refractivity contribution in [3.05, 3.63) is 200 Å². The topological polar surface area (TPSA) is 16.4 Å². The molecular formula is C50H33NO. The number of anilines is 3. The maximum absolute atomic E-state index is 7.14. The molecule has 1 heterocycles. The van der Waals surface area contributed by atoms with E-state index in [4.69, 9.17) is 4.42 Å². The molecule has 0 N–H and O–H groups in total. The third-order valence-electron chi connectivity index (χ3n) is 10.3. The first-order valence-electron chi connectivity index (χ1n) is 17.8. The second kappa shape index (κ2) is 12.5. The van der Waals surface area contributed by atoms with Crippen molar-refractivity contribution < 1.29 is 4.42 Å². The average Bonchev–Trinajstić information content (AvgIpc) is 3.63. The molecule has 0 aliphatic rings. The summed E-state index contributed by atoms with van der Waals surface area (Å²) in [6.07, 6.45) is 0. The van der Waals surface area contributed by atoms with E-state index in [-0.39, 0.29) is 0 Å². The molecule has 0 spiro atoms. The molecular weight excluding hydrogens is 631 g/mol. The summed E-state index contributed by atoms with van der Waals surface area (Å²) in [4.78, 5) is 2.34. The summed E-state index contributed by atoms with van der Waals surface area (Å²) in [5.41, 5.74) is 11.9. The number of hydrogen-bond donors (Lipinski definition) is 0. The van der Waals surface area contributed by atoms with Gasteiger partial charge in [-0.05, 0) is 85.9 Å². The zero-order chi connectivity index (χ0) is 34.4. The van der Waals surface area contributed by atoms with Crippen molar-refractivity contribution in [1.29, 1.82) is 0 Å². The largest absolute Gasteiger partial charge is 0.453 e. The molecule has 0 bridgehead atoms. The molecule has 0 atom stereocenters.